The van der Waals surface area contributed by atoms with Gasteiger partial charge in [0.05, 0.1) is 6.10 Å². The molecule has 1 N–H and O–H groups in total. The van der Waals surface area contributed by atoms with Gasteiger partial charge in [0, 0.05) is 73.4 Å². The summed E-state index contributed by atoms with van der Waals surface area (Å²) in [5, 5.41) is 3.46. The molecule has 2 heterocycles. The quantitative estimate of drug-likeness (QED) is 0.574. The first-order chi connectivity index (χ1) is 11.6. The van der Waals surface area contributed by atoms with E-state index < -0.39 is 0 Å². The van der Waals surface area contributed by atoms with Crippen LogP contribution in [0.3, 0.4) is 0 Å². The number of piperazine rings is 1. The number of hydrogen-bond donors (Lipinski definition) is 1. The molecule has 0 aromatic heterocycles. The Kier molecular flexibility index (Phi) is 7.78. The molecule has 7 heteroatoms. The van der Waals surface area contributed by atoms with E-state index in [1.807, 2.05) is 21.1 Å². The first kappa shape index (κ1) is 19.0. The number of nitrogens with one attached hydrogen (secondary N) is 1. The van der Waals surface area contributed by atoms with Gasteiger partial charge < -0.3 is 19.9 Å². The van der Waals surface area contributed by atoms with Crippen molar-refractivity contribution >= 4 is 11.9 Å². The number of nitrogens with zero attached hydrogens (tertiary/aromatic N) is 4. The number of carbonyl (C=O) groups is 1. The summed E-state index contributed by atoms with van der Waals surface area (Å²) >= 11 is 0. The van der Waals surface area contributed by atoms with Crippen molar-refractivity contribution < 1.29 is 9.53 Å². The van der Waals surface area contributed by atoms with Gasteiger partial charge >= 0.3 is 0 Å². The van der Waals surface area contributed by atoms with E-state index in [4.69, 9.17) is 4.74 Å². The molecule has 1 amide bonds. The fraction of sp³-hybridized carbons (Fsp3) is 0.882. The summed E-state index contributed by atoms with van der Waals surface area (Å²) < 4.78 is 5.77. The van der Waals surface area contributed by atoms with Crippen LogP contribution >= 0.6 is 0 Å². The highest BCUT2D eigenvalue weighted by molar-refractivity contribution is 5.80. The van der Waals surface area contributed by atoms with Gasteiger partial charge in [-0.25, -0.2) is 0 Å². The molecule has 7 nitrogen and oxygen atoms in total. The Labute approximate surface area is 146 Å². The first-order valence-electron chi connectivity index (χ1n) is 9.10. The fourth-order valence-corrected chi connectivity index (χ4v) is 3.17. The molecule has 0 aliphatic carbocycles. The minimum absolute atomic E-state index is 0.197. The Morgan fingerprint density at radius 2 is 2.00 bits per heavy atom. The van der Waals surface area contributed by atoms with E-state index in [9.17, 15) is 4.79 Å². The van der Waals surface area contributed by atoms with Crippen LogP contribution in [0.1, 0.15) is 25.7 Å². The molecular formula is C17H33N5O2. The lowest BCUT2D eigenvalue weighted by atomic mass is 10.1. The van der Waals surface area contributed by atoms with Crippen molar-refractivity contribution in [2.75, 3.05) is 67.0 Å². The molecule has 0 radical (unpaired) electrons. The van der Waals surface area contributed by atoms with E-state index in [2.05, 4.69) is 20.1 Å². The number of carbonyl (C=O) groups excluding carboxylic acids is 1. The highest BCUT2D eigenvalue weighted by Crippen LogP contribution is 2.12. The lowest BCUT2D eigenvalue weighted by Gasteiger charge is -2.37. The van der Waals surface area contributed by atoms with Gasteiger partial charge in [0.1, 0.15) is 0 Å². The summed E-state index contributed by atoms with van der Waals surface area (Å²) in [6.45, 7) is 6.40. The molecule has 1 unspecified atom stereocenters. The van der Waals surface area contributed by atoms with Crippen molar-refractivity contribution in [1.82, 2.24) is 20.0 Å². The average Bonchev–Trinajstić information content (AvgIpc) is 2.62. The molecule has 2 saturated heterocycles. The molecule has 0 spiro atoms. The van der Waals surface area contributed by atoms with Crippen molar-refractivity contribution in [1.29, 1.82) is 0 Å². The minimum Gasteiger partial charge on any atom is -0.376 e. The van der Waals surface area contributed by atoms with Crippen LogP contribution in [0.5, 0.6) is 0 Å². The van der Waals surface area contributed by atoms with E-state index in [0.717, 1.165) is 58.3 Å². The first-order valence-corrected chi connectivity index (χ1v) is 9.10. The predicted molar refractivity (Wildman–Crippen MR) is 96.3 cm³/mol. The second-order valence-electron chi connectivity index (χ2n) is 6.78. The molecule has 24 heavy (non-hydrogen) atoms. The van der Waals surface area contributed by atoms with Crippen molar-refractivity contribution in [3.05, 3.63) is 0 Å². The van der Waals surface area contributed by atoms with Crippen molar-refractivity contribution in [2.24, 2.45) is 4.99 Å². The van der Waals surface area contributed by atoms with Gasteiger partial charge in [-0.1, -0.05) is 0 Å². The van der Waals surface area contributed by atoms with E-state index in [1.54, 1.807) is 4.90 Å². The van der Waals surface area contributed by atoms with E-state index in [1.165, 1.54) is 12.8 Å². The zero-order valence-corrected chi connectivity index (χ0v) is 15.5. The standard InChI is InChI=1S/C17H33N5O2/c1-18-17(19-14-15-6-4-5-13-24-15)22-11-9-21(10-12-22)8-7-16(23)20(2)3/h15H,4-14H2,1-3H3,(H,18,19). The minimum atomic E-state index is 0.197. The van der Waals surface area contributed by atoms with Crippen LogP contribution in [0, 0.1) is 0 Å². The predicted octanol–water partition coefficient (Wildman–Crippen LogP) is 0.227. The zero-order valence-electron chi connectivity index (χ0n) is 15.5. The van der Waals surface area contributed by atoms with Gasteiger partial charge in [0.15, 0.2) is 5.96 Å². The maximum atomic E-state index is 11.7. The highest BCUT2D eigenvalue weighted by atomic mass is 16.5. The van der Waals surface area contributed by atoms with Crippen LogP contribution in [0.15, 0.2) is 4.99 Å². The third kappa shape index (κ3) is 5.94. The summed E-state index contributed by atoms with van der Waals surface area (Å²) in [7, 11) is 5.46. The van der Waals surface area contributed by atoms with Crippen molar-refractivity contribution in [3.8, 4) is 0 Å². The van der Waals surface area contributed by atoms with Crippen LogP contribution in [0.2, 0.25) is 0 Å². The number of amides is 1. The van der Waals surface area contributed by atoms with Crippen LogP contribution < -0.4 is 5.32 Å². The molecule has 2 fully saturated rings. The van der Waals surface area contributed by atoms with Gasteiger partial charge in [-0.05, 0) is 19.3 Å². The van der Waals surface area contributed by atoms with E-state index in [0.29, 0.717) is 12.5 Å². The second-order valence-corrected chi connectivity index (χ2v) is 6.78. The average molecular weight is 339 g/mol. The number of guanidine groups is 1. The normalized spacial score (nSPS) is 23.2. The third-order valence-corrected chi connectivity index (χ3v) is 4.79. The third-order valence-electron chi connectivity index (χ3n) is 4.79. The number of ether oxygens (including phenoxy) is 1. The molecule has 0 bridgehead atoms. The maximum absolute atomic E-state index is 11.7. The van der Waals surface area contributed by atoms with Crippen LogP contribution in [-0.4, -0.2) is 99.7 Å². The zero-order chi connectivity index (χ0) is 17.4. The summed E-state index contributed by atoms with van der Waals surface area (Å²) in [4.78, 5) is 22.4. The summed E-state index contributed by atoms with van der Waals surface area (Å²) in [6, 6.07) is 0. The molecule has 138 valence electrons. The molecule has 2 aliphatic rings. The lowest BCUT2D eigenvalue weighted by Crippen LogP contribution is -2.53. The lowest BCUT2D eigenvalue weighted by molar-refractivity contribution is -0.129. The Balaban J connectivity index is 1.68. The molecule has 0 saturated carbocycles. The Hall–Kier alpha value is -1.34. The Bertz CT molecular complexity index is 413. The summed E-state index contributed by atoms with van der Waals surface area (Å²) in [5.74, 6) is 1.16. The van der Waals surface area contributed by atoms with Crippen molar-refractivity contribution in [3.63, 3.8) is 0 Å². The van der Waals surface area contributed by atoms with Gasteiger partial charge in [-0.3, -0.25) is 14.7 Å². The number of rotatable bonds is 5. The topological polar surface area (TPSA) is 60.4 Å². The monoisotopic (exact) mass is 339 g/mol. The second kappa shape index (κ2) is 9.84. The smallest absolute Gasteiger partial charge is 0.223 e. The number of hydrogen-bond acceptors (Lipinski definition) is 4. The van der Waals surface area contributed by atoms with Gasteiger partial charge in [0.2, 0.25) is 5.91 Å². The summed E-state index contributed by atoms with van der Waals surface area (Å²) in [6.07, 6.45) is 4.49. The Morgan fingerprint density at radius 3 is 2.58 bits per heavy atom. The van der Waals surface area contributed by atoms with Crippen LogP contribution in [0.25, 0.3) is 0 Å². The van der Waals surface area contributed by atoms with E-state index >= 15 is 0 Å². The molecule has 0 aromatic carbocycles. The summed E-state index contributed by atoms with van der Waals surface area (Å²) in [5.41, 5.74) is 0. The van der Waals surface area contributed by atoms with Crippen LogP contribution in [0.4, 0.5) is 0 Å². The van der Waals surface area contributed by atoms with Crippen molar-refractivity contribution in [2.45, 2.75) is 31.8 Å². The molecule has 1 atom stereocenters. The largest absolute Gasteiger partial charge is 0.376 e. The Morgan fingerprint density at radius 1 is 1.25 bits per heavy atom. The van der Waals surface area contributed by atoms with E-state index in [-0.39, 0.29) is 5.91 Å². The molecular weight excluding hydrogens is 306 g/mol. The van der Waals surface area contributed by atoms with Gasteiger partial charge in [-0.15, -0.1) is 0 Å². The molecule has 2 aliphatic heterocycles. The SMILES string of the molecule is CN=C(NCC1CCCCO1)N1CCN(CCC(=O)N(C)C)CC1. The fourth-order valence-electron chi connectivity index (χ4n) is 3.17. The van der Waals surface area contributed by atoms with Gasteiger partial charge in [0.25, 0.3) is 0 Å². The maximum Gasteiger partial charge on any atom is 0.223 e. The highest BCUT2D eigenvalue weighted by Gasteiger charge is 2.21. The van der Waals surface area contributed by atoms with Crippen LogP contribution in [-0.2, 0) is 9.53 Å². The number of aliphatic imine (C=N–C) groups is 1. The molecule has 2 rings (SSSR count). The van der Waals surface area contributed by atoms with Gasteiger partial charge in [-0.2, -0.15) is 0 Å². The molecule has 0 aromatic rings.